The van der Waals surface area contributed by atoms with Gasteiger partial charge in [0.2, 0.25) is 0 Å². The lowest BCUT2D eigenvalue weighted by atomic mass is 10.1. The van der Waals surface area contributed by atoms with Gasteiger partial charge in [-0.15, -0.1) is 11.8 Å². The highest BCUT2D eigenvalue weighted by atomic mass is 32.2. The zero-order valence-electron chi connectivity index (χ0n) is 19.1. The van der Waals surface area contributed by atoms with Crippen molar-refractivity contribution in [3.05, 3.63) is 137 Å². The van der Waals surface area contributed by atoms with E-state index < -0.39 is 17.6 Å². The first-order chi connectivity index (χ1) is 17.5. The first-order valence-corrected chi connectivity index (χ1v) is 12.1. The smallest absolute Gasteiger partial charge is 0.272 e. The Hall–Kier alpha value is -4.23. The molecule has 0 aromatic heterocycles. The highest BCUT2D eigenvalue weighted by Crippen LogP contribution is 2.25. The number of rotatable bonds is 8. The van der Waals surface area contributed by atoms with E-state index in [4.69, 9.17) is 0 Å². The zero-order valence-corrected chi connectivity index (χ0v) is 19.9. The molecule has 0 aliphatic rings. The zero-order chi connectivity index (χ0) is 25.3. The number of carbonyl (C=O) groups excluding carboxylic acids is 2. The number of amides is 2. The Morgan fingerprint density at radius 3 is 2.14 bits per heavy atom. The summed E-state index contributed by atoms with van der Waals surface area (Å²) in [6.07, 6.45) is 1.48. The number of hydrogen-bond donors (Lipinski definition) is 2. The molecule has 0 radical (unpaired) electrons. The summed E-state index contributed by atoms with van der Waals surface area (Å²) < 4.78 is 27.2. The summed E-state index contributed by atoms with van der Waals surface area (Å²) in [7, 11) is 0. The molecule has 4 rings (SSSR count). The van der Waals surface area contributed by atoms with Gasteiger partial charge in [0.25, 0.3) is 11.8 Å². The minimum atomic E-state index is -0.532. The largest absolute Gasteiger partial charge is 0.321 e. The van der Waals surface area contributed by atoms with Crippen molar-refractivity contribution in [2.24, 2.45) is 0 Å². The third-order valence-corrected chi connectivity index (χ3v) is 6.24. The van der Waals surface area contributed by atoms with Gasteiger partial charge in [0.05, 0.1) is 0 Å². The summed E-state index contributed by atoms with van der Waals surface area (Å²) in [4.78, 5) is 26.7. The topological polar surface area (TPSA) is 58.2 Å². The van der Waals surface area contributed by atoms with Crippen molar-refractivity contribution in [2.75, 3.05) is 5.32 Å². The minimum Gasteiger partial charge on any atom is -0.321 e. The van der Waals surface area contributed by atoms with Crippen LogP contribution in [0, 0.1) is 11.6 Å². The predicted molar refractivity (Wildman–Crippen MR) is 139 cm³/mol. The van der Waals surface area contributed by atoms with Crippen LogP contribution < -0.4 is 10.6 Å². The Morgan fingerprint density at radius 2 is 1.44 bits per heavy atom. The standard InChI is InChI=1S/C29H22F2N2O2S/c30-23-12-10-20(11-13-23)18-27(33-28(34)21-6-2-1-3-7-21)29(35)32-24-14-16-25(17-15-24)36-19-22-8-4-5-9-26(22)31/h1-18H,19H2,(H,32,35)(H,33,34)/b27-18-. The average Bonchev–Trinajstić information content (AvgIpc) is 2.90. The molecule has 4 aromatic rings. The molecule has 2 amide bonds. The number of anilines is 1. The molecule has 0 unspecified atom stereocenters. The van der Waals surface area contributed by atoms with E-state index in [2.05, 4.69) is 10.6 Å². The molecule has 0 heterocycles. The molecule has 2 N–H and O–H groups in total. The van der Waals surface area contributed by atoms with E-state index in [-0.39, 0.29) is 11.5 Å². The predicted octanol–water partition coefficient (Wildman–Crippen LogP) is 6.67. The van der Waals surface area contributed by atoms with Crippen molar-refractivity contribution in [3.8, 4) is 0 Å². The van der Waals surface area contributed by atoms with Gasteiger partial charge in [-0.25, -0.2) is 8.78 Å². The molecule has 180 valence electrons. The molecule has 4 aromatic carbocycles. The second-order valence-corrected chi connectivity index (χ2v) is 8.84. The Kier molecular flexibility index (Phi) is 8.26. The fourth-order valence-corrected chi connectivity index (χ4v) is 4.16. The van der Waals surface area contributed by atoms with E-state index in [0.29, 0.717) is 28.1 Å². The van der Waals surface area contributed by atoms with Crippen LogP contribution in [0.15, 0.2) is 114 Å². The second kappa shape index (κ2) is 12.0. The van der Waals surface area contributed by atoms with Crippen LogP contribution in [0.5, 0.6) is 0 Å². The Morgan fingerprint density at radius 1 is 0.778 bits per heavy atom. The van der Waals surface area contributed by atoms with E-state index in [1.54, 1.807) is 60.7 Å². The lowest BCUT2D eigenvalue weighted by Gasteiger charge is -2.12. The summed E-state index contributed by atoms with van der Waals surface area (Å²) >= 11 is 1.48. The number of thioether (sulfide) groups is 1. The SMILES string of the molecule is O=C(Nc1ccc(SCc2ccccc2F)cc1)/C(=C/c1ccc(F)cc1)NC(=O)c1ccccc1. The average molecular weight is 501 g/mol. The molecule has 4 nitrogen and oxygen atoms in total. The normalized spacial score (nSPS) is 11.1. The van der Waals surface area contributed by atoms with Gasteiger partial charge in [-0.3, -0.25) is 9.59 Å². The maximum atomic E-state index is 13.8. The summed E-state index contributed by atoms with van der Waals surface area (Å²) in [6, 6.07) is 27.8. The number of benzene rings is 4. The van der Waals surface area contributed by atoms with Crippen LogP contribution in [0.3, 0.4) is 0 Å². The molecule has 0 aliphatic carbocycles. The van der Waals surface area contributed by atoms with Crippen LogP contribution in [0.25, 0.3) is 6.08 Å². The van der Waals surface area contributed by atoms with Crippen molar-refractivity contribution in [2.45, 2.75) is 10.6 Å². The molecular formula is C29H22F2N2O2S. The summed E-state index contributed by atoms with van der Waals surface area (Å²) in [5.74, 6) is -1.14. The first-order valence-electron chi connectivity index (χ1n) is 11.1. The summed E-state index contributed by atoms with van der Waals surface area (Å²) in [6.45, 7) is 0. The fourth-order valence-electron chi connectivity index (χ4n) is 3.28. The molecule has 0 spiro atoms. The van der Waals surface area contributed by atoms with Gasteiger partial charge in [0.15, 0.2) is 0 Å². The molecular weight excluding hydrogens is 478 g/mol. The van der Waals surface area contributed by atoms with Crippen molar-refractivity contribution in [1.82, 2.24) is 5.32 Å². The maximum Gasteiger partial charge on any atom is 0.272 e. The first kappa shape index (κ1) is 24.9. The molecule has 0 atom stereocenters. The molecule has 0 bridgehead atoms. The number of hydrogen-bond acceptors (Lipinski definition) is 3. The summed E-state index contributed by atoms with van der Waals surface area (Å²) in [5, 5.41) is 5.42. The van der Waals surface area contributed by atoms with Gasteiger partial charge in [0.1, 0.15) is 17.3 Å². The molecule has 36 heavy (non-hydrogen) atoms. The molecule has 0 aliphatic heterocycles. The third kappa shape index (κ3) is 6.90. The van der Waals surface area contributed by atoms with E-state index in [1.165, 1.54) is 48.2 Å². The lowest BCUT2D eigenvalue weighted by molar-refractivity contribution is -0.113. The van der Waals surface area contributed by atoms with Crippen molar-refractivity contribution in [3.63, 3.8) is 0 Å². The van der Waals surface area contributed by atoms with E-state index in [9.17, 15) is 18.4 Å². The molecule has 0 fully saturated rings. The van der Waals surface area contributed by atoms with Gasteiger partial charge in [0, 0.05) is 21.9 Å². The minimum absolute atomic E-state index is 0.00784. The van der Waals surface area contributed by atoms with Crippen LogP contribution >= 0.6 is 11.8 Å². The van der Waals surface area contributed by atoms with Gasteiger partial charge < -0.3 is 10.6 Å². The van der Waals surface area contributed by atoms with Crippen LogP contribution in [0.1, 0.15) is 21.5 Å². The molecule has 0 saturated heterocycles. The Bertz CT molecular complexity index is 1370. The summed E-state index contributed by atoms with van der Waals surface area (Å²) in [5.41, 5.74) is 2.09. The van der Waals surface area contributed by atoms with E-state index >= 15 is 0 Å². The Labute approximate surface area is 212 Å². The second-order valence-electron chi connectivity index (χ2n) is 7.79. The third-order valence-electron chi connectivity index (χ3n) is 5.17. The number of nitrogens with one attached hydrogen (secondary N) is 2. The van der Waals surface area contributed by atoms with Crippen LogP contribution in [-0.4, -0.2) is 11.8 Å². The van der Waals surface area contributed by atoms with E-state index in [0.717, 1.165) is 4.90 Å². The Balaban J connectivity index is 1.47. The van der Waals surface area contributed by atoms with Gasteiger partial charge in [-0.05, 0) is 71.8 Å². The van der Waals surface area contributed by atoms with Gasteiger partial charge in [-0.1, -0.05) is 48.5 Å². The van der Waals surface area contributed by atoms with Crippen molar-refractivity contribution < 1.29 is 18.4 Å². The van der Waals surface area contributed by atoms with Crippen LogP contribution in [0.2, 0.25) is 0 Å². The number of carbonyl (C=O) groups is 2. The van der Waals surface area contributed by atoms with Crippen LogP contribution in [-0.2, 0) is 10.5 Å². The fraction of sp³-hybridized carbons (Fsp3) is 0.0345. The van der Waals surface area contributed by atoms with Crippen molar-refractivity contribution >= 4 is 35.3 Å². The maximum absolute atomic E-state index is 13.8. The number of halogens is 2. The molecule has 0 saturated carbocycles. The highest BCUT2D eigenvalue weighted by Gasteiger charge is 2.15. The lowest BCUT2D eigenvalue weighted by Crippen LogP contribution is -2.30. The molecule has 7 heteroatoms. The van der Waals surface area contributed by atoms with Crippen LogP contribution in [0.4, 0.5) is 14.5 Å². The quantitative estimate of drug-likeness (QED) is 0.210. The monoisotopic (exact) mass is 500 g/mol. The van der Waals surface area contributed by atoms with Crippen molar-refractivity contribution in [1.29, 1.82) is 0 Å². The highest BCUT2D eigenvalue weighted by molar-refractivity contribution is 7.98. The van der Waals surface area contributed by atoms with E-state index in [1.807, 2.05) is 12.1 Å². The van der Waals surface area contributed by atoms with Gasteiger partial charge in [-0.2, -0.15) is 0 Å². The van der Waals surface area contributed by atoms with Gasteiger partial charge >= 0.3 is 0 Å².